The highest BCUT2D eigenvalue weighted by atomic mass is 15.1. The van der Waals surface area contributed by atoms with E-state index in [0.29, 0.717) is 6.04 Å². The van der Waals surface area contributed by atoms with E-state index in [2.05, 4.69) is 43.1 Å². The molecular weight excluding hydrogens is 218 g/mol. The minimum atomic E-state index is 0.672. The first-order chi connectivity index (χ1) is 8.77. The average Bonchev–Trinajstić information content (AvgIpc) is 2.40. The molecule has 1 saturated carbocycles. The monoisotopic (exact) mass is 243 g/mol. The van der Waals surface area contributed by atoms with Gasteiger partial charge in [-0.1, -0.05) is 43.5 Å². The van der Waals surface area contributed by atoms with E-state index >= 15 is 0 Å². The fourth-order valence-electron chi connectivity index (χ4n) is 4.23. The van der Waals surface area contributed by atoms with Crippen LogP contribution in [0.1, 0.15) is 49.3 Å². The first kappa shape index (κ1) is 12.2. The summed E-state index contributed by atoms with van der Waals surface area (Å²) in [6, 6.07) is 9.68. The highest BCUT2D eigenvalue weighted by molar-refractivity contribution is 5.30. The maximum absolute atomic E-state index is 2.61. The van der Waals surface area contributed by atoms with Crippen LogP contribution in [0.4, 0.5) is 0 Å². The van der Waals surface area contributed by atoms with Gasteiger partial charge in [0.15, 0.2) is 0 Å². The maximum Gasteiger partial charge on any atom is 0.0378 e. The van der Waals surface area contributed by atoms with Crippen LogP contribution in [0.2, 0.25) is 0 Å². The lowest BCUT2D eigenvalue weighted by Crippen LogP contribution is -2.42. The second-order valence-corrected chi connectivity index (χ2v) is 6.28. The Morgan fingerprint density at radius 1 is 1.06 bits per heavy atom. The predicted octanol–water partition coefficient (Wildman–Crippen LogP) is 4.18. The van der Waals surface area contributed by atoms with Gasteiger partial charge in [0.1, 0.15) is 0 Å². The van der Waals surface area contributed by atoms with Gasteiger partial charge >= 0.3 is 0 Å². The molecule has 2 aliphatic rings. The van der Waals surface area contributed by atoms with Crippen molar-refractivity contribution >= 4 is 0 Å². The van der Waals surface area contributed by atoms with Crippen LogP contribution in [0.25, 0.3) is 0 Å². The summed E-state index contributed by atoms with van der Waals surface area (Å²) in [6.07, 6.45) is 7.24. The molecule has 2 fully saturated rings. The van der Waals surface area contributed by atoms with Gasteiger partial charge in [-0.05, 0) is 56.3 Å². The van der Waals surface area contributed by atoms with Gasteiger partial charge in [0, 0.05) is 6.04 Å². The second kappa shape index (κ2) is 5.05. The predicted molar refractivity (Wildman–Crippen MR) is 76.6 cm³/mol. The smallest absolute Gasteiger partial charge is 0.0378 e. The zero-order valence-corrected chi connectivity index (χ0v) is 11.7. The molecule has 1 heteroatoms. The number of benzene rings is 1. The summed E-state index contributed by atoms with van der Waals surface area (Å²) in [5.41, 5.74) is 3.05. The minimum absolute atomic E-state index is 0.672. The molecule has 1 heterocycles. The summed E-state index contributed by atoms with van der Waals surface area (Å²) in [5, 5.41) is 0. The van der Waals surface area contributed by atoms with Crippen molar-refractivity contribution in [2.24, 2.45) is 11.8 Å². The Labute approximate surface area is 111 Å². The van der Waals surface area contributed by atoms with Crippen molar-refractivity contribution in [3.05, 3.63) is 35.4 Å². The molecule has 0 amide bonds. The summed E-state index contributed by atoms with van der Waals surface area (Å²) >= 11 is 0. The molecule has 18 heavy (non-hydrogen) atoms. The van der Waals surface area contributed by atoms with E-state index in [-0.39, 0.29) is 0 Å². The molecule has 1 aliphatic heterocycles. The number of likely N-dealkylation sites (tertiary alicyclic amines) is 1. The minimum Gasteiger partial charge on any atom is -0.299 e. The van der Waals surface area contributed by atoms with Crippen molar-refractivity contribution < 1.29 is 0 Å². The standard InChI is InChI=1S/C17H25N/c1-13-7-3-5-9-15(13)17-16-10-6-4-8-14(16)11-12-18(17)2/h3,5,7,9,14,16-17H,4,6,8,10-12H2,1-2H3. The third-order valence-electron chi connectivity index (χ3n) is 5.21. The molecule has 0 spiro atoms. The Bertz CT molecular complexity index is 412. The number of hydrogen-bond donors (Lipinski definition) is 0. The van der Waals surface area contributed by atoms with Crippen LogP contribution in [0.5, 0.6) is 0 Å². The lowest BCUT2D eigenvalue weighted by molar-refractivity contribution is 0.0397. The van der Waals surface area contributed by atoms with Crippen LogP contribution < -0.4 is 0 Å². The summed E-state index contributed by atoms with van der Waals surface area (Å²) in [5.74, 6) is 1.89. The van der Waals surface area contributed by atoms with E-state index in [4.69, 9.17) is 0 Å². The number of rotatable bonds is 1. The summed E-state index contributed by atoms with van der Waals surface area (Å²) in [4.78, 5) is 2.61. The van der Waals surface area contributed by atoms with Gasteiger partial charge < -0.3 is 0 Å². The number of nitrogens with zero attached hydrogens (tertiary/aromatic N) is 1. The number of hydrogen-bond acceptors (Lipinski definition) is 1. The molecular formula is C17H25N. The van der Waals surface area contributed by atoms with Crippen LogP contribution in [-0.2, 0) is 0 Å². The normalized spacial score (nSPS) is 33.1. The van der Waals surface area contributed by atoms with Crippen LogP contribution >= 0.6 is 0 Å². The van der Waals surface area contributed by atoms with Crippen molar-refractivity contribution in [2.45, 2.75) is 45.1 Å². The second-order valence-electron chi connectivity index (χ2n) is 6.28. The molecule has 0 aromatic heterocycles. The molecule has 3 rings (SSSR count). The van der Waals surface area contributed by atoms with Crippen LogP contribution in [-0.4, -0.2) is 18.5 Å². The van der Waals surface area contributed by atoms with Gasteiger partial charge in [0.05, 0.1) is 0 Å². The zero-order valence-electron chi connectivity index (χ0n) is 11.7. The van der Waals surface area contributed by atoms with Gasteiger partial charge in [-0.15, -0.1) is 0 Å². The molecule has 0 N–H and O–H groups in total. The van der Waals surface area contributed by atoms with E-state index in [1.165, 1.54) is 44.2 Å². The average molecular weight is 243 g/mol. The third kappa shape index (κ3) is 2.09. The van der Waals surface area contributed by atoms with Crippen molar-refractivity contribution in [1.29, 1.82) is 0 Å². The maximum atomic E-state index is 2.61. The Kier molecular flexibility index (Phi) is 3.43. The molecule has 1 aromatic carbocycles. The van der Waals surface area contributed by atoms with Crippen molar-refractivity contribution in [1.82, 2.24) is 4.90 Å². The van der Waals surface area contributed by atoms with Crippen molar-refractivity contribution in [3.8, 4) is 0 Å². The van der Waals surface area contributed by atoms with Gasteiger partial charge in [-0.3, -0.25) is 4.90 Å². The van der Waals surface area contributed by atoms with Gasteiger partial charge in [-0.2, -0.15) is 0 Å². The van der Waals surface area contributed by atoms with Gasteiger partial charge in [0.25, 0.3) is 0 Å². The number of fused-ring (bicyclic) bond motifs is 1. The van der Waals surface area contributed by atoms with Crippen LogP contribution in [0, 0.1) is 18.8 Å². The number of piperidine rings is 1. The fourth-order valence-corrected chi connectivity index (χ4v) is 4.23. The van der Waals surface area contributed by atoms with Gasteiger partial charge in [0.2, 0.25) is 0 Å². The Morgan fingerprint density at radius 2 is 1.83 bits per heavy atom. The lowest BCUT2D eigenvalue weighted by Gasteiger charge is -2.47. The number of aryl methyl sites for hydroxylation is 1. The summed E-state index contributed by atoms with van der Waals surface area (Å²) in [6.45, 7) is 3.55. The molecule has 98 valence electrons. The van der Waals surface area contributed by atoms with Crippen molar-refractivity contribution in [3.63, 3.8) is 0 Å². The summed E-state index contributed by atoms with van der Waals surface area (Å²) < 4.78 is 0. The van der Waals surface area contributed by atoms with Crippen LogP contribution in [0.15, 0.2) is 24.3 Å². The molecule has 1 aliphatic carbocycles. The third-order valence-corrected chi connectivity index (χ3v) is 5.21. The van der Waals surface area contributed by atoms with E-state index in [1.807, 2.05) is 0 Å². The molecule has 0 radical (unpaired) electrons. The topological polar surface area (TPSA) is 3.24 Å². The molecule has 1 saturated heterocycles. The molecule has 1 aromatic rings. The molecule has 3 atom stereocenters. The summed E-state index contributed by atoms with van der Waals surface area (Å²) in [7, 11) is 2.32. The molecule has 3 unspecified atom stereocenters. The highest BCUT2D eigenvalue weighted by Gasteiger charge is 2.38. The van der Waals surface area contributed by atoms with E-state index < -0.39 is 0 Å². The molecule has 0 bridgehead atoms. The highest BCUT2D eigenvalue weighted by Crippen LogP contribution is 2.46. The Balaban J connectivity index is 1.94. The van der Waals surface area contributed by atoms with E-state index in [9.17, 15) is 0 Å². The Morgan fingerprint density at radius 3 is 2.67 bits per heavy atom. The fraction of sp³-hybridized carbons (Fsp3) is 0.647. The SMILES string of the molecule is Cc1ccccc1C1C2CCCCC2CCN1C. The molecule has 1 nitrogen and oxygen atoms in total. The van der Waals surface area contributed by atoms with Crippen molar-refractivity contribution in [2.75, 3.05) is 13.6 Å². The quantitative estimate of drug-likeness (QED) is 0.715. The first-order valence-corrected chi connectivity index (χ1v) is 7.53. The Hall–Kier alpha value is -0.820. The van der Waals surface area contributed by atoms with E-state index in [0.717, 1.165) is 11.8 Å². The van der Waals surface area contributed by atoms with E-state index in [1.54, 1.807) is 5.56 Å². The largest absolute Gasteiger partial charge is 0.299 e. The first-order valence-electron chi connectivity index (χ1n) is 7.53. The van der Waals surface area contributed by atoms with Crippen LogP contribution in [0.3, 0.4) is 0 Å². The van der Waals surface area contributed by atoms with Gasteiger partial charge in [-0.25, -0.2) is 0 Å². The zero-order chi connectivity index (χ0) is 12.5. The lowest BCUT2D eigenvalue weighted by atomic mass is 9.69.